The van der Waals surface area contributed by atoms with Crippen molar-refractivity contribution in [1.29, 1.82) is 0 Å². The average molecular weight is 941 g/mol. The molecule has 36 nitrogen and oxygen atoms in total. The molecule has 0 aromatic rings. The van der Waals surface area contributed by atoms with Gasteiger partial charge in [-0.15, -0.1) is 0 Å². The normalized spacial score (nSPS) is 12.1. The van der Waals surface area contributed by atoms with Gasteiger partial charge in [-0.3, -0.25) is 49.6 Å². The summed E-state index contributed by atoms with van der Waals surface area (Å²) in [6.45, 7) is 8.39. The monoisotopic (exact) mass is 940 g/mol. The third kappa shape index (κ3) is 24.5. The van der Waals surface area contributed by atoms with Gasteiger partial charge in [-0.2, -0.15) is 10.2 Å². The number of rotatable bonds is 20. The van der Waals surface area contributed by atoms with E-state index >= 15 is 0 Å². The van der Waals surface area contributed by atoms with Gasteiger partial charge in [0.25, 0.3) is 23.6 Å². The standard InChI is InChI=1S/C16H26N12O6.C14H26N12O6/c1-17-21-15(33)25-23-13(31)19-5-7-27(9-10-28-11(29)3-4-12(28)30)8-6-20-14(32)24-26-16(34)22-18-2;15-19-13(31)23-21-11(29)17-3-5-25(7-8-26-9(27)1-2-10(26)28)6-4-18-12(30)22-24-14(32)20-16/h3-4H,1-2,5-10H2,(H2,19,23,31)(H2,20,24,32)(H2,21,25,33)(H2,22,26,34);1-2H,3-8,15-16H2,(H2,17,21,29)(H2,18,22,30)(H2,19,23,31)(H2,20,24,32). The zero-order chi connectivity index (χ0) is 49.3. The van der Waals surface area contributed by atoms with E-state index in [-0.39, 0.29) is 78.5 Å². The highest BCUT2D eigenvalue weighted by atomic mass is 16.2. The first-order valence-corrected chi connectivity index (χ1v) is 18.8. The van der Waals surface area contributed by atoms with Crippen LogP contribution in [-0.2, 0) is 19.2 Å². The molecule has 0 spiro atoms. The van der Waals surface area contributed by atoms with Gasteiger partial charge in [0.2, 0.25) is 0 Å². The number of nitrogens with one attached hydrogen (secondary N) is 16. The van der Waals surface area contributed by atoms with Crippen molar-refractivity contribution in [3.63, 3.8) is 0 Å². The SMILES string of the molecule is C=NNC(=O)NNC(=O)NCCN(CCNC(=O)NNC(=O)NN=C)CCN1C(=O)C=CC1=O.NNC(=O)NNC(=O)NCCN(CCNC(=O)NNC(=O)NN)CCN1C(=O)C=CC1=O. The van der Waals surface area contributed by atoms with Crippen molar-refractivity contribution in [2.75, 3.05) is 78.5 Å². The van der Waals surface area contributed by atoms with Crippen molar-refractivity contribution in [2.45, 2.75) is 0 Å². The molecule has 2 rings (SSSR count). The van der Waals surface area contributed by atoms with Crippen molar-refractivity contribution < 1.29 is 57.5 Å². The molecule has 0 atom stereocenters. The van der Waals surface area contributed by atoms with Crippen LogP contribution in [-0.4, -0.2) is 183 Å². The van der Waals surface area contributed by atoms with Gasteiger partial charge in [0.1, 0.15) is 0 Å². The summed E-state index contributed by atoms with van der Waals surface area (Å²) in [7, 11) is 0. The molecule has 2 aliphatic heterocycles. The summed E-state index contributed by atoms with van der Waals surface area (Å²) in [4.78, 5) is 143. The Morgan fingerprint density at radius 1 is 0.424 bits per heavy atom. The molecule has 2 aliphatic rings. The number of nitrogens with two attached hydrogens (primary N) is 2. The van der Waals surface area contributed by atoms with E-state index in [0.29, 0.717) is 0 Å². The number of urea groups is 8. The molecule has 0 unspecified atom stereocenters. The van der Waals surface area contributed by atoms with Crippen LogP contribution in [0.3, 0.4) is 0 Å². The minimum Gasteiger partial charge on any atom is -0.335 e. The number of carbonyl (C=O) groups excluding carboxylic acids is 12. The Kier molecular flexibility index (Phi) is 26.6. The average Bonchev–Trinajstić information content (AvgIpc) is 3.79. The number of carbonyl (C=O) groups is 12. The second-order valence-electron chi connectivity index (χ2n) is 12.2. The van der Waals surface area contributed by atoms with E-state index in [1.165, 1.54) is 24.3 Å². The number of hydrogen-bond acceptors (Lipinski definition) is 18. The second kappa shape index (κ2) is 31.9. The lowest BCUT2D eigenvalue weighted by molar-refractivity contribution is -0.138. The summed E-state index contributed by atoms with van der Waals surface area (Å²) >= 11 is 0. The Morgan fingerprint density at radius 2 is 0.667 bits per heavy atom. The Bertz CT molecular complexity index is 1710. The number of amides is 20. The zero-order valence-electron chi connectivity index (χ0n) is 34.9. The molecule has 0 fully saturated rings. The summed E-state index contributed by atoms with van der Waals surface area (Å²) in [6, 6.07) is -6.05. The van der Waals surface area contributed by atoms with Crippen LogP contribution in [0.15, 0.2) is 34.5 Å². The number of hydrogen-bond donors (Lipinski definition) is 18. The van der Waals surface area contributed by atoms with Gasteiger partial charge >= 0.3 is 48.2 Å². The minimum absolute atomic E-state index is 0.0929. The predicted molar refractivity (Wildman–Crippen MR) is 225 cm³/mol. The van der Waals surface area contributed by atoms with Crippen molar-refractivity contribution in [3.8, 4) is 0 Å². The molecule has 364 valence electrons. The highest BCUT2D eigenvalue weighted by molar-refractivity contribution is 6.13. The molecule has 0 aromatic heterocycles. The highest BCUT2D eigenvalue weighted by Crippen LogP contribution is 2.04. The van der Waals surface area contributed by atoms with E-state index in [1.807, 2.05) is 32.6 Å². The van der Waals surface area contributed by atoms with Gasteiger partial charge in [-0.1, -0.05) is 0 Å². The fourth-order valence-electron chi connectivity index (χ4n) is 4.67. The molecular formula is C30H52N24O12. The third-order valence-electron chi connectivity index (χ3n) is 7.72. The first kappa shape index (κ1) is 55.1. The van der Waals surface area contributed by atoms with E-state index in [0.717, 1.165) is 9.80 Å². The predicted octanol–water partition coefficient (Wildman–Crippen LogP) is -8.54. The Balaban J connectivity index is 0.000000661. The van der Waals surface area contributed by atoms with Crippen molar-refractivity contribution in [1.82, 2.24) is 106 Å². The Hall–Kier alpha value is -8.90. The fourth-order valence-corrected chi connectivity index (χ4v) is 4.67. The van der Waals surface area contributed by atoms with Gasteiger partial charge in [-0.25, -0.2) is 104 Å². The summed E-state index contributed by atoms with van der Waals surface area (Å²) in [5, 5.41) is 16.2. The van der Waals surface area contributed by atoms with Crippen LogP contribution in [0.5, 0.6) is 0 Å². The molecule has 2 heterocycles. The fraction of sp³-hybridized carbons (Fsp3) is 0.400. The zero-order valence-corrected chi connectivity index (χ0v) is 34.9. The molecular weight excluding hydrogens is 888 g/mol. The van der Waals surface area contributed by atoms with Crippen LogP contribution >= 0.6 is 0 Å². The topological polar surface area (TPSA) is 487 Å². The van der Waals surface area contributed by atoms with Crippen LogP contribution in [0.2, 0.25) is 0 Å². The molecule has 36 heteroatoms. The summed E-state index contributed by atoms with van der Waals surface area (Å²) in [5.41, 5.74) is 23.7. The van der Waals surface area contributed by atoms with Crippen molar-refractivity contribution >= 4 is 85.3 Å². The minimum atomic E-state index is -0.821. The molecule has 0 saturated carbocycles. The molecule has 20 amide bonds. The van der Waals surface area contributed by atoms with Gasteiger partial charge < -0.3 is 21.3 Å². The van der Waals surface area contributed by atoms with E-state index < -0.39 is 71.9 Å². The van der Waals surface area contributed by atoms with Gasteiger partial charge in [-0.05, 0) is 0 Å². The molecule has 0 saturated heterocycles. The van der Waals surface area contributed by atoms with E-state index in [2.05, 4.69) is 66.6 Å². The van der Waals surface area contributed by atoms with Crippen LogP contribution in [0.1, 0.15) is 0 Å². The second-order valence-corrected chi connectivity index (χ2v) is 12.2. The quantitative estimate of drug-likeness (QED) is 0.0177. The molecule has 0 bridgehead atoms. The summed E-state index contributed by atoms with van der Waals surface area (Å²) in [5.74, 6) is 7.97. The molecule has 0 aromatic carbocycles. The van der Waals surface area contributed by atoms with Crippen LogP contribution in [0, 0.1) is 0 Å². The Labute approximate surface area is 373 Å². The number of hydrazone groups is 2. The third-order valence-corrected chi connectivity index (χ3v) is 7.72. The molecule has 20 N–H and O–H groups in total. The smallest absolute Gasteiger partial charge is 0.335 e. The van der Waals surface area contributed by atoms with Crippen LogP contribution in [0.25, 0.3) is 0 Å². The van der Waals surface area contributed by atoms with E-state index in [4.69, 9.17) is 11.7 Å². The lowest BCUT2D eigenvalue weighted by atomic mass is 10.4. The van der Waals surface area contributed by atoms with E-state index in [1.54, 1.807) is 20.7 Å². The van der Waals surface area contributed by atoms with Crippen LogP contribution in [0.4, 0.5) is 38.4 Å². The number of imide groups is 2. The van der Waals surface area contributed by atoms with Gasteiger partial charge in [0.05, 0.1) is 0 Å². The molecule has 0 aliphatic carbocycles. The summed E-state index contributed by atoms with van der Waals surface area (Å²) < 4.78 is 0. The lowest BCUT2D eigenvalue weighted by Gasteiger charge is -2.25. The number of nitrogens with zero attached hydrogens (tertiary/aromatic N) is 6. The molecule has 0 radical (unpaired) electrons. The molecule has 66 heavy (non-hydrogen) atoms. The number of hydrazine groups is 6. The van der Waals surface area contributed by atoms with Crippen molar-refractivity contribution in [2.24, 2.45) is 21.9 Å². The van der Waals surface area contributed by atoms with Gasteiger partial charge in [0, 0.05) is 116 Å². The maximum absolute atomic E-state index is 11.7. The largest absolute Gasteiger partial charge is 0.353 e. The van der Waals surface area contributed by atoms with Crippen molar-refractivity contribution in [3.05, 3.63) is 24.3 Å². The summed E-state index contributed by atoms with van der Waals surface area (Å²) in [6.07, 6.45) is 4.67. The maximum atomic E-state index is 11.7. The Morgan fingerprint density at radius 3 is 0.909 bits per heavy atom. The first-order valence-electron chi connectivity index (χ1n) is 18.8. The first-order chi connectivity index (χ1) is 31.5. The lowest BCUT2D eigenvalue weighted by Crippen LogP contribution is -2.53. The van der Waals surface area contributed by atoms with Gasteiger partial charge in [0.15, 0.2) is 0 Å². The maximum Gasteiger partial charge on any atom is 0.353 e. The van der Waals surface area contributed by atoms with Crippen LogP contribution < -0.4 is 98.1 Å². The van der Waals surface area contributed by atoms with E-state index in [9.17, 15) is 57.5 Å². The highest BCUT2D eigenvalue weighted by Gasteiger charge is 2.25.